The predicted molar refractivity (Wildman–Crippen MR) is 238 cm³/mol. The molecule has 0 aliphatic rings. The zero-order valence-corrected chi connectivity index (χ0v) is 36.4. The molecule has 1 unspecified atom stereocenters. The summed E-state index contributed by atoms with van der Waals surface area (Å²) in [6, 6.07) is 0. The van der Waals surface area contributed by atoms with Crippen LogP contribution in [0.1, 0.15) is 207 Å². The minimum Gasteiger partial charge on any atom is -0.462 e. The Kier molecular flexibility index (Phi) is 42.1. The molecule has 0 aromatic carbocycles. The third-order valence-electron chi connectivity index (χ3n) is 9.55. The summed E-state index contributed by atoms with van der Waals surface area (Å²) in [5, 5.41) is 0. The van der Waals surface area contributed by atoms with Crippen molar-refractivity contribution >= 4 is 17.9 Å². The molecule has 0 bridgehead atoms. The highest BCUT2D eigenvalue weighted by Crippen LogP contribution is 2.15. The van der Waals surface area contributed by atoms with Crippen LogP contribution < -0.4 is 0 Å². The standard InChI is InChI=1S/C50H84O6/c1-4-7-10-13-16-19-21-23-25-27-28-31-34-37-40-43-49(52)55-46-47(45-54-48(51)42-39-36-33-30-18-15-12-9-6-3)56-50(53)44-41-38-35-32-29-26-24-22-20-17-14-11-8-5-2/h7,9-10,12-13,16,18-19,21,30,36,39,47H,4-6,8,11,14-15,17,20,22-29,31-35,37-38,40-46H2,1-3H3/b10-7-,12-9-,16-13-,21-19-,30-18-,39-36-. The molecule has 0 saturated carbocycles. The molecule has 6 nitrogen and oxygen atoms in total. The topological polar surface area (TPSA) is 78.9 Å². The van der Waals surface area contributed by atoms with Crippen LogP contribution in [0.15, 0.2) is 72.9 Å². The minimum atomic E-state index is -0.811. The fourth-order valence-electron chi connectivity index (χ4n) is 6.15. The lowest BCUT2D eigenvalue weighted by Crippen LogP contribution is -2.30. The SMILES string of the molecule is CC\C=C/C=C\C=C/CCCCCCCCCC(=O)OCC(COC(=O)C/C=C\C/C=C\C/C=C\CC)OC(=O)CCCCCCCCCCCCCCCC. The second kappa shape index (κ2) is 44.6. The maximum atomic E-state index is 12.7. The molecular weight excluding hydrogens is 697 g/mol. The van der Waals surface area contributed by atoms with Crippen LogP contribution in [-0.4, -0.2) is 37.2 Å². The van der Waals surface area contributed by atoms with Crippen molar-refractivity contribution < 1.29 is 28.6 Å². The quantitative estimate of drug-likeness (QED) is 0.0203. The van der Waals surface area contributed by atoms with E-state index in [0.717, 1.165) is 70.6 Å². The highest BCUT2D eigenvalue weighted by atomic mass is 16.6. The Labute approximate surface area is 344 Å². The number of unbranched alkanes of at least 4 members (excludes halogenated alkanes) is 20. The Morgan fingerprint density at radius 1 is 0.411 bits per heavy atom. The smallest absolute Gasteiger partial charge is 0.309 e. The number of hydrogen-bond acceptors (Lipinski definition) is 6. The molecule has 6 heteroatoms. The molecule has 0 spiro atoms. The molecule has 0 aromatic heterocycles. The van der Waals surface area contributed by atoms with Gasteiger partial charge in [-0.15, -0.1) is 0 Å². The van der Waals surface area contributed by atoms with E-state index in [1.165, 1.54) is 96.3 Å². The van der Waals surface area contributed by atoms with Crippen LogP contribution in [0.25, 0.3) is 0 Å². The largest absolute Gasteiger partial charge is 0.462 e. The highest BCUT2D eigenvalue weighted by Gasteiger charge is 2.19. The van der Waals surface area contributed by atoms with Gasteiger partial charge in [0, 0.05) is 12.8 Å². The lowest BCUT2D eigenvalue weighted by atomic mass is 10.0. The van der Waals surface area contributed by atoms with E-state index in [2.05, 4.69) is 81.5 Å². The predicted octanol–water partition coefficient (Wildman–Crippen LogP) is 14.7. The van der Waals surface area contributed by atoms with Crippen LogP contribution in [0.2, 0.25) is 0 Å². The number of carbonyl (C=O) groups is 3. The van der Waals surface area contributed by atoms with E-state index in [4.69, 9.17) is 14.2 Å². The van der Waals surface area contributed by atoms with E-state index < -0.39 is 12.1 Å². The maximum absolute atomic E-state index is 12.7. The average molecular weight is 781 g/mol. The number of ether oxygens (including phenoxy) is 3. The Balaban J connectivity index is 4.42. The summed E-state index contributed by atoms with van der Waals surface area (Å²) in [7, 11) is 0. The lowest BCUT2D eigenvalue weighted by Gasteiger charge is -2.18. The molecule has 0 saturated heterocycles. The van der Waals surface area contributed by atoms with Gasteiger partial charge in [-0.1, -0.05) is 209 Å². The molecule has 0 aromatic rings. The van der Waals surface area contributed by atoms with Crippen LogP contribution in [0.3, 0.4) is 0 Å². The summed E-state index contributed by atoms with van der Waals surface area (Å²) in [5.74, 6) is -1.05. The first-order valence-electron chi connectivity index (χ1n) is 23.0. The van der Waals surface area contributed by atoms with Crippen molar-refractivity contribution in [2.24, 2.45) is 0 Å². The summed E-state index contributed by atoms with van der Waals surface area (Å²) in [6.45, 7) is 6.27. The van der Waals surface area contributed by atoms with E-state index >= 15 is 0 Å². The van der Waals surface area contributed by atoms with Gasteiger partial charge < -0.3 is 14.2 Å². The van der Waals surface area contributed by atoms with Gasteiger partial charge in [-0.05, 0) is 51.4 Å². The van der Waals surface area contributed by atoms with Gasteiger partial charge in [0.2, 0.25) is 0 Å². The van der Waals surface area contributed by atoms with Crippen LogP contribution in [0.4, 0.5) is 0 Å². The van der Waals surface area contributed by atoms with Gasteiger partial charge >= 0.3 is 17.9 Å². The molecule has 0 rings (SSSR count). The monoisotopic (exact) mass is 781 g/mol. The number of rotatable bonds is 40. The van der Waals surface area contributed by atoms with Gasteiger partial charge in [0.25, 0.3) is 0 Å². The molecule has 320 valence electrons. The van der Waals surface area contributed by atoms with Crippen LogP contribution >= 0.6 is 0 Å². The second-order valence-electron chi connectivity index (χ2n) is 15.0. The van der Waals surface area contributed by atoms with E-state index in [1.54, 1.807) is 6.08 Å². The Morgan fingerprint density at radius 2 is 0.839 bits per heavy atom. The average Bonchev–Trinajstić information content (AvgIpc) is 3.19. The van der Waals surface area contributed by atoms with Crippen molar-refractivity contribution in [3.63, 3.8) is 0 Å². The van der Waals surface area contributed by atoms with Crippen LogP contribution in [0.5, 0.6) is 0 Å². The van der Waals surface area contributed by atoms with Crippen molar-refractivity contribution in [1.29, 1.82) is 0 Å². The molecule has 0 radical (unpaired) electrons. The van der Waals surface area contributed by atoms with Crippen molar-refractivity contribution in [3.8, 4) is 0 Å². The summed E-state index contributed by atoms with van der Waals surface area (Å²) < 4.78 is 16.6. The highest BCUT2D eigenvalue weighted by molar-refractivity contribution is 5.72. The molecule has 0 N–H and O–H groups in total. The first kappa shape index (κ1) is 52.9. The first-order chi connectivity index (χ1) is 27.5. The van der Waals surface area contributed by atoms with Crippen molar-refractivity contribution in [2.75, 3.05) is 13.2 Å². The third-order valence-corrected chi connectivity index (χ3v) is 9.55. The molecular formula is C50H84O6. The molecule has 0 amide bonds. The van der Waals surface area contributed by atoms with Crippen molar-refractivity contribution in [1.82, 2.24) is 0 Å². The number of hydrogen-bond donors (Lipinski definition) is 0. The van der Waals surface area contributed by atoms with Gasteiger partial charge in [0.05, 0.1) is 6.42 Å². The van der Waals surface area contributed by atoms with E-state index in [-0.39, 0.29) is 31.6 Å². The van der Waals surface area contributed by atoms with Gasteiger partial charge in [-0.3, -0.25) is 14.4 Å². The number of carbonyl (C=O) groups excluding carboxylic acids is 3. The molecule has 0 aliphatic heterocycles. The Hall–Kier alpha value is -3.15. The van der Waals surface area contributed by atoms with Crippen LogP contribution in [-0.2, 0) is 28.6 Å². The lowest BCUT2D eigenvalue weighted by molar-refractivity contribution is -0.166. The second-order valence-corrected chi connectivity index (χ2v) is 15.0. The molecule has 0 heterocycles. The molecule has 0 fully saturated rings. The third kappa shape index (κ3) is 42.0. The normalized spacial score (nSPS) is 12.7. The summed E-state index contributed by atoms with van der Waals surface area (Å²) in [4.78, 5) is 37.6. The zero-order valence-electron chi connectivity index (χ0n) is 36.4. The van der Waals surface area contributed by atoms with E-state index in [1.807, 2.05) is 6.08 Å². The molecule has 56 heavy (non-hydrogen) atoms. The van der Waals surface area contributed by atoms with Crippen molar-refractivity contribution in [2.45, 2.75) is 213 Å². The Morgan fingerprint density at radius 3 is 1.38 bits per heavy atom. The summed E-state index contributed by atoms with van der Waals surface area (Å²) in [5.41, 5.74) is 0. The molecule has 1 atom stereocenters. The first-order valence-corrected chi connectivity index (χ1v) is 23.0. The van der Waals surface area contributed by atoms with E-state index in [0.29, 0.717) is 12.8 Å². The van der Waals surface area contributed by atoms with Gasteiger partial charge in [-0.2, -0.15) is 0 Å². The van der Waals surface area contributed by atoms with Gasteiger partial charge in [-0.25, -0.2) is 0 Å². The zero-order chi connectivity index (χ0) is 40.8. The molecule has 0 aliphatic carbocycles. The van der Waals surface area contributed by atoms with Gasteiger partial charge in [0.15, 0.2) is 6.10 Å². The summed E-state index contributed by atoms with van der Waals surface area (Å²) in [6.07, 6.45) is 54.9. The Bertz CT molecular complexity index is 1080. The number of allylic oxidation sites excluding steroid dienone is 11. The minimum absolute atomic E-state index is 0.108. The number of esters is 3. The van der Waals surface area contributed by atoms with E-state index in [9.17, 15) is 14.4 Å². The van der Waals surface area contributed by atoms with Crippen molar-refractivity contribution in [3.05, 3.63) is 72.9 Å². The maximum Gasteiger partial charge on any atom is 0.309 e. The van der Waals surface area contributed by atoms with Crippen LogP contribution in [0, 0.1) is 0 Å². The van der Waals surface area contributed by atoms with Gasteiger partial charge in [0.1, 0.15) is 13.2 Å². The fourth-order valence-corrected chi connectivity index (χ4v) is 6.15. The fraction of sp³-hybridized carbons (Fsp3) is 0.700. The summed E-state index contributed by atoms with van der Waals surface area (Å²) >= 11 is 0.